The number of hydrogen-bond acceptors (Lipinski definition) is 4. The first-order valence-corrected chi connectivity index (χ1v) is 5.59. The van der Waals surface area contributed by atoms with Crippen LogP contribution in [0.1, 0.15) is 0 Å². The molecule has 0 bridgehead atoms. The number of aromatic nitrogens is 3. The van der Waals surface area contributed by atoms with E-state index in [0.717, 1.165) is 5.69 Å². The lowest BCUT2D eigenvalue weighted by Gasteiger charge is -2.02. The lowest BCUT2D eigenvalue weighted by atomic mass is 10.3. The van der Waals surface area contributed by atoms with E-state index in [9.17, 15) is 4.79 Å². The largest absolute Gasteiger partial charge is 0.369 e. The van der Waals surface area contributed by atoms with Gasteiger partial charge in [0, 0.05) is 0 Å². The van der Waals surface area contributed by atoms with Gasteiger partial charge in [-0.05, 0) is 18.4 Å². The fourth-order valence-corrected chi connectivity index (χ4v) is 1.49. The third-order valence-electron chi connectivity index (χ3n) is 1.88. The van der Waals surface area contributed by atoms with Crippen LogP contribution in [0.15, 0.2) is 46.3 Å². The molecule has 0 aliphatic rings. The Kier molecular flexibility index (Phi) is 2.82. The summed E-state index contributed by atoms with van der Waals surface area (Å²) in [4.78, 5) is 15.5. The molecule has 4 nitrogen and oxygen atoms in total. The molecule has 1 heterocycles. The van der Waals surface area contributed by atoms with Gasteiger partial charge in [0.25, 0.3) is 0 Å². The van der Waals surface area contributed by atoms with Crippen LogP contribution < -0.4 is 5.69 Å². The van der Waals surface area contributed by atoms with E-state index in [1.54, 1.807) is 6.20 Å². The molecule has 2 rings (SSSR count). The zero-order valence-corrected chi connectivity index (χ0v) is 8.94. The first kappa shape index (κ1) is 9.92. The van der Waals surface area contributed by atoms with Gasteiger partial charge in [-0.1, -0.05) is 18.2 Å². The third kappa shape index (κ3) is 2.07. The monoisotopic (exact) mass is 219 g/mol. The van der Waals surface area contributed by atoms with Gasteiger partial charge in [0.05, 0.1) is 11.9 Å². The molecule has 5 heteroatoms. The third-order valence-corrected chi connectivity index (χ3v) is 2.50. The van der Waals surface area contributed by atoms with Crippen molar-refractivity contribution in [1.82, 2.24) is 14.8 Å². The molecule has 0 radical (unpaired) electrons. The highest BCUT2D eigenvalue weighted by Crippen LogP contribution is 2.07. The standard InChI is InChI=1S/C10H9N3OS/c1-15-9-7-11-13(10(14)12-9)8-5-3-2-4-6-8/h2-7H,1H3. The molecule has 0 aliphatic heterocycles. The summed E-state index contributed by atoms with van der Waals surface area (Å²) >= 11 is 1.40. The number of thioether (sulfide) groups is 1. The lowest BCUT2D eigenvalue weighted by Crippen LogP contribution is -2.23. The predicted molar refractivity (Wildman–Crippen MR) is 59.4 cm³/mol. The van der Waals surface area contributed by atoms with E-state index >= 15 is 0 Å². The van der Waals surface area contributed by atoms with Crippen LogP contribution in [0.3, 0.4) is 0 Å². The van der Waals surface area contributed by atoms with Crippen molar-refractivity contribution in [3.05, 3.63) is 47.0 Å². The Morgan fingerprint density at radius 2 is 2.00 bits per heavy atom. The smallest absolute Gasteiger partial charge is 0.244 e. The highest BCUT2D eigenvalue weighted by molar-refractivity contribution is 7.98. The molecule has 0 saturated carbocycles. The fourth-order valence-electron chi connectivity index (χ4n) is 1.17. The van der Waals surface area contributed by atoms with Crippen molar-refractivity contribution in [2.45, 2.75) is 5.03 Å². The van der Waals surface area contributed by atoms with E-state index in [2.05, 4.69) is 10.1 Å². The van der Waals surface area contributed by atoms with Gasteiger partial charge in [-0.3, -0.25) is 0 Å². The second-order valence-electron chi connectivity index (χ2n) is 2.83. The van der Waals surface area contributed by atoms with E-state index in [-0.39, 0.29) is 5.69 Å². The van der Waals surface area contributed by atoms with Gasteiger partial charge in [-0.15, -0.1) is 11.8 Å². The van der Waals surface area contributed by atoms with Crippen LogP contribution in [0.5, 0.6) is 0 Å². The summed E-state index contributed by atoms with van der Waals surface area (Å²) in [6.45, 7) is 0. The SMILES string of the molecule is CSc1cnn(-c2ccccc2)c(=O)n1. The van der Waals surface area contributed by atoms with E-state index in [4.69, 9.17) is 0 Å². The Bertz CT molecular complexity index is 510. The average molecular weight is 219 g/mol. The maximum atomic E-state index is 11.6. The van der Waals surface area contributed by atoms with Gasteiger partial charge < -0.3 is 0 Å². The van der Waals surface area contributed by atoms with Gasteiger partial charge in [-0.25, -0.2) is 4.79 Å². The quantitative estimate of drug-likeness (QED) is 0.715. The van der Waals surface area contributed by atoms with Crippen molar-refractivity contribution in [3.63, 3.8) is 0 Å². The van der Waals surface area contributed by atoms with Crippen LogP contribution in [0.2, 0.25) is 0 Å². The Labute approximate surface area is 91.0 Å². The van der Waals surface area contributed by atoms with Crippen LogP contribution >= 0.6 is 11.8 Å². The van der Waals surface area contributed by atoms with Crippen molar-refractivity contribution >= 4 is 11.8 Å². The van der Waals surface area contributed by atoms with Crippen molar-refractivity contribution in [2.24, 2.45) is 0 Å². The second kappa shape index (κ2) is 4.27. The molecule has 0 fully saturated rings. The molecule has 1 aromatic carbocycles. The van der Waals surface area contributed by atoms with Gasteiger partial charge >= 0.3 is 5.69 Å². The molecule has 0 saturated heterocycles. The molecule has 0 aliphatic carbocycles. The molecule has 76 valence electrons. The Morgan fingerprint density at radius 3 is 2.60 bits per heavy atom. The number of rotatable bonds is 2. The first-order chi connectivity index (χ1) is 7.31. The molecule has 2 aromatic rings. The van der Waals surface area contributed by atoms with Crippen LogP contribution in [-0.4, -0.2) is 21.0 Å². The molecule has 1 aromatic heterocycles. The highest BCUT2D eigenvalue weighted by Gasteiger charge is 2.02. The summed E-state index contributed by atoms with van der Waals surface area (Å²) in [6, 6.07) is 9.22. The minimum atomic E-state index is -0.354. The summed E-state index contributed by atoms with van der Waals surface area (Å²) in [5.74, 6) is 0. The van der Waals surface area contributed by atoms with Gasteiger partial charge in [0.15, 0.2) is 0 Å². The maximum Gasteiger partial charge on any atom is 0.369 e. The van der Waals surface area contributed by atoms with Crippen LogP contribution in [0.25, 0.3) is 5.69 Å². The van der Waals surface area contributed by atoms with Crippen LogP contribution in [0, 0.1) is 0 Å². The van der Waals surface area contributed by atoms with Crippen LogP contribution in [-0.2, 0) is 0 Å². The molecule has 0 spiro atoms. The first-order valence-electron chi connectivity index (χ1n) is 4.37. The molecule has 0 amide bonds. The Balaban J connectivity index is 2.51. The summed E-state index contributed by atoms with van der Waals surface area (Å²) in [6.07, 6.45) is 3.44. The van der Waals surface area contributed by atoms with E-state index in [0.29, 0.717) is 5.03 Å². The summed E-state index contributed by atoms with van der Waals surface area (Å²) in [7, 11) is 0. The highest BCUT2D eigenvalue weighted by atomic mass is 32.2. The molecule has 15 heavy (non-hydrogen) atoms. The number of nitrogens with zero attached hydrogens (tertiary/aromatic N) is 3. The maximum absolute atomic E-state index is 11.6. The minimum Gasteiger partial charge on any atom is -0.244 e. The van der Waals surface area contributed by atoms with Crippen molar-refractivity contribution in [2.75, 3.05) is 6.26 Å². The van der Waals surface area contributed by atoms with Crippen LogP contribution in [0.4, 0.5) is 0 Å². The van der Waals surface area contributed by atoms with Gasteiger partial charge in [-0.2, -0.15) is 14.8 Å². The van der Waals surface area contributed by atoms with E-state index in [1.165, 1.54) is 16.4 Å². The zero-order valence-electron chi connectivity index (χ0n) is 8.12. The Morgan fingerprint density at radius 1 is 1.27 bits per heavy atom. The zero-order chi connectivity index (χ0) is 10.7. The Hall–Kier alpha value is -1.62. The average Bonchev–Trinajstić information content (AvgIpc) is 2.30. The molecule has 0 N–H and O–H groups in total. The molecular weight excluding hydrogens is 210 g/mol. The van der Waals surface area contributed by atoms with Gasteiger partial charge in [0.1, 0.15) is 5.03 Å². The molecular formula is C10H9N3OS. The normalized spacial score (nSPS) is 10.2. The van der Waals surface area contributed by atoms with Crippen molar-refractivity contribution in [1.29, 1.82) is 0 Å². The lowest BCUT2D eigenvalue weighted by molar-refractivity contribution is 0.730. The molecule has 0 atom stereocenters. The second-order valence-corrected chi connectivity index (χ2v) is 3.66. The fraction of sp³-hybridized carbons (Fsp3) is 0.100. The van der Waals surface area contributed by atoms with Gasteiger partial charge in [0.2, 0.25) is 0 Å². The predicted octanol–water partition coefficient (Wildman–Crippen LogP) is 1.35. The summed E-state index contributed by atoms with van der Waals surface area (Å²) in [5, 5.41) is 4.67. The summed E-state index contributed by atoms with van der Waals surface area (Å²) < 4.78 is 1.28. The number of hydrogen-bond donors (Lipinski definition) is 0. The number of benzene rings is 1. The van der Waals surface area contributed by atoms with E-state index < -0.39 is 0 Å². The topological polar surface area (TPSA) is 47.8 Å². The van der Waals surface area contributed by atoms with Crippen molar-refractivity contribution in [3.8, 4) is 5.69 Å². The minimum absolute atomic E-state index is 0.354. The van der Waals surface area contributed by atoms with Crippen molar-refractivity contribution < 1.29 is 0 Å². The summed E-state index contributed by atoms with van der Waals surface area (Å²) in [5.41, 5.74) is 0.371. The number of para-hydroxylation sites is 1. The van der Waals surface area contributed by atoms with E-state index in [1.807, 2.05) is 36.6 Å². The molecule has 0 unspecified atom stereocenters.